The van der Waals surface area contributed by atoms with Crippen molar-refractivity contribution < 1.29 is 14.1 Å². The Morgan fingerprint density at radius 3 is 2.49 bits per heavy atom. The number of benzene rings is 3. The van der Waals surface area contributed by atoms with Crippen molar-refractivity contribution in [3.8, 4) is 17.1 Å². The number of amides is 2. The van der Waals surface area contributed by atoms with Crippen LogP contribution in [0, 0.1) is 20.8 Å². The summed E-state index contributed by atoms with van der Waals surface area (Å²) in [5.41, 5.74) is 7.83. The first-order valence-electron chi connectivity index (χ1n) is 12.2. The van der Waals surface area contributed by atoms with Crippen LogP contribution in [-0.2, 0) is 6.54 Å². The minimum atomic E-state index is -0.431. The number of nitrogens with one attached hydrogen (secondary N) is 1. The third-order valence-electron chi connectivity index (χ3n) is 6.91. The molecule has 188 valence electrons. The van der Waals surface area contributed by atoms with Crippen LogP contribution < -0.4 is 10.1 Å². The van der Waals surface area contributed by atoms with Gasteiger partial charge in [-0.15, -0.1) is 0 Å². The molecule has 5 rings (SSSR count). The summed E-state index contributed by atoms with van der Waals surface area (Å²) >= 11 is 0. The van der Waals surface area contributed by atoms with Crippen molar-refractivity contribution in [1.29, 1.82) is 0 Å². The summed E-state index contributed by atoms with van der Waals surface area (Å²) in [6.07, 6.45) is 0. The van der Waals surface area contributed by atoms with Gasteiger partial charge in [0.05, 0.1) is 25.3 Å². The van der Waals surface area contributed by atoms with Gasteiger partial charge in [0.2, 0.25) is 5.82 Å². The highest BCUT2D eigenvalue weighted by Crippen LogP contribution is 2.38. The van der Waals surface area contributed by atoms with E-state index in [0.717, 1.165) is 33.5 Å². The van der Waals surface area contributed by atoms with E-state index in [1.165, 1.54) is 11.1 Å². The number of methoxy groups -OCH3 is 1. The van der Waals surface area contributed by atoms with E-state index in [1.54, 1.807) is 12.0 Å². The van der Waals surface area contributed by atoms with Gasteiger partial charge in [-0.25, -0.2) is 4.79 Å². The molecule has 3 aromatic carbocycles. The van der Waals surface area contributed by atoms with Crippen molar-refractivity contribution in [2.75, 3.05) is 7.11 Å². The Morgan fingerprint density at radius 2 is 1.76 bits per heavy atom. The molecule has 0 saturated carbocycles. The second kappa shape index (κ2) is 9.93. The predicted octanol–water partition coefficient (Wildman–Crippen LogP) is 6.37. The lowest BCUT2D eigenvalue weighted by Gasteiger charge is -2.35. The highest BCUT2D eigenvalue weighted by atomic mass is 16.5. The second-order valence-electron chi connectivity index (χ2n) is 9.45. The highest BCUT2D eigenvalue weighted by Gasteiger charge is 2.36. The van der Waals surface area contributed by atoms with Crippen LogP contribution in [0.25, 0.3) is 17.0 Å². The lowest BCUT2D eigenvalue weighted by Crippen LogP contribution is -2.45. The van der Waals surface area contributed by atoms with Gasteiger partial charge in [0.15, 0.2) is 0 Å². The summed E-state index contributed by atoms with van der Waals surface area (Å²) in [6, 6.07) is 21.3. The van der Waals surface area contributed by atoms with Crippen molar-refractivity contribution in [1.82, 2.24) is 20.4 Å². The van der Waals surface area contributed by atoms with Gasteiger partial charge in [-0.3, -0.25) is 4.90 Å². The van der Waals surface area contributed by atoms with E-state index in [-0.39, 0.29) is 6.03 Å². The lowest BCUT2D eigenvalue weighted by molar-refractivity contribution is 0.203. The average molecular weight is 495 g/mol. The van der Waals surface area contributed by atoms with E-state index < -0.39 is 6.04 Å². The summed E-state index contributed by atoms with van der Waals surface area (Å²) in [4.78, 5) is 19.9. The zero-order valence-electron chi connectivity index (χ0n) is 21.7. The fourth-order valence-electron chi connectivity index (χ4n) is 4.53. The molecule has 4 aromatic rings. The largest absolute Gasteiger partial charge is 0.497 e. The summed E-state index contributed by atoms with van der Waals surface area (Å²) in [5.74, 6) is 1.53. The van der Waals surface area contributed by atoms with Crippen molar-refractivity contribution in [3.05, 3.63) is 106 Å². The zero-order chi connectivity index (χ0) is 26.1. The monoisotopic (exact) mass is 494 g/mol. The van der Waals surface area contributed by atoms with Gasteiger partial charge < -0.3 is 14.6 Å². The molecule has 1 aliphatic heterocycles. The maximum Gasteiger partial charge on any atom is 0.322 e. The van der Waals surface area contributed by atoms with Crippen molar-refractivity contribution in [3.63, 3.8) is 0 Å². The second-order valence-corrected chi connectivity index (χ2v) is 9.45. The molecule has 2 heterocycles. The normalized spacial score (nSPS) is 15.6. The molecule has 37 heavy (non-hydrogen) atoms. The Kier molecular flexibility index (Phi) is 6.53. The van der Waals surface area contributed by atoms with Gasteiger partial charge in [0.25, 0.3) is 5.89 Å². The van der Waals surface area contributed by atoms with Crippen LogP contribution in [0.2, 0.25) is 0 Å². The van der Waals surface area contributed by atoms with Crippen LogP contribution in [0.1, 0.15) is 46.7 Å². The topological polar surface area (TPSA) is 80.5 Å². The summed E-state index contributed by atoms with van der Waals surface area (Å²) in [7, 11) is 1.62. The molecule has 0 spiro atoms. The van der Waals surface area contributed by atoms with Gasteiger partial charge >= 0.3 is 6.03 Å². The number of ether oxygens (including phenoxy) is 1. The Balaban J connectivity index is 1.60. The molecule has 0 bridgehead atoms. The number of nitrogens with zero attached hydrogens (tertiary/aromatic N) is 3. The first kappa shape index (κ1) is 24.3. The molecule has 1 aromatic heterocycles. The molecular formula is C30H30N4O3. The molecule has 7 nitrogen and oxygen atoms in total. The van der Waals surface area contributed by atoms with E-state index in [2.05, 4.69) is 36.5 Å². The molecule has 7 heteroatoms. The summed E-state index contributed by atoms with van der Waals surface area (Å²) < 4.78 is 11.2. The molecular weight excluding hydrogens is 464 g/mol. The molecule has 0 fully saturated rings. The molecule has 0 radical (unpaired) electrons. The number of hydrogen-bond donors (Lipinski definition) is 1. The Bertz CT molecular complexity index is 1490. The minimum Gasteiger partial charge on any atom is -0.497 e. The number of carbonyl (C=O) groups excluding carboxylic acids is 1. The van der Waals surface area contributed by atoms with E-state index in [4.69, 9.17) is 14.2 Å². The number of urea groups is 1. The molecule has 1 unspecified atom stereocenters. The minimum absolute atomic E-state index is 0.169. The van der Waals surface area contributed by atoms with Gasteiger partial charge in [-0.1, -0.05) is 65.3 Å². The third-order valence-corrected chi connectivity index (χ3v) is 6.91. The number of rotatable bonds is 6. The van der Waals surface area contributed by atoms with Crippen molar-refractivity contribution in [2.45, 2.75) is 40.3 Å². The maximum absolute atomic E-state index is 13.4. The summed E-state index contributed by atoms with van der Waals surface area (Å²) in [5, 5.41) is 7.45. The fourth-order valence-corrected chi connectivity index (χ4v) is 4.53. The van der Waals surface area contributed by atoms with Crippen LogP contribution in [0.15, 0.2) is 77.0 Å². The van der Waals surface area contributed by atoms with Crippen molar-refractivity contribution >= 4 is 11.6 Å². The van der Waals surface area contributed by atoms with Gasteiger partial charge in [0.1, 0.15) is 5.75 Å². The fraction of sp³-hybridized carbons (Fsp3) is 0.233. The average Bonchev–Trinajstić information content (AvgIpc) is 3.39. The summed E-state index contributed by atoms with van der Waals surface area (Å²) in [6.45, 7) is 8.55. The molecule has 0 saturated heterocycles. The van der Waals surface area contributed by atoms with E-state index in [0.29, 0.717) is 24.0 Å². The van der Waals surface area contributed by atoms with E-state index in [1.807, 2.05) is 68.4 Å². The molecule has 1 aliphatic rings. The Labute approximate surface area is 216 Å². The first-order valence-corrected chi connectivity index (χ1v) is 12.2. The maximum atomic E-state index is 13.4. The lowest BCUT2D eigenvalue weighted by atomic mass is 9.92. The molecule has 1 N–H and O–H groups in total. The standard InChI is InChI=1S/C30H30N4O3/c1-18-9-12-22(13-10-18)17-34-21(4)26(27(31-30(34)35)23-14-11-19(2)20(3)15-23)29-32-28(33-37-29)24-7-6-8-25(16-24)36-5/h6-16,27H,17H2,1-5H3,(H,31,35). The number of carbonyl (C=O) groups is 1. The smallest absolute Gasteiger partial charge is 0.322 e. The van der Waals surface area contributed by atoms with Crippen LogP contribution in [0.5, 0.6) is 5.75 Å². The van der Waals surface area contributed by atoms with Crippen molar-refractivity contribution in [2.24, 2.45) is 0 Å². The SMILES string of the molecule is COc1cccc(-c2noc(C3=C(C)N(Cc4ccc(C)cc4)C(=O)NC3c3ccc(C)c(C)c3)n2)c1. The van der Waals surface area contributed by atoms with Gasteiger partial charge in [-0.2, -0.15) is 4.98 Å². The quantitative estimate of drug-likeness (QED) is 0.337. The van der Waals surface area contributed by atoms with Gasteiger partial charge in [0, 0.05) is 11.3 Å². The molecule has 2 amide bonds. The predicted molar refractivity (Wildman–Crippen MR) is 143 cm³/mol. The van der Waals surface area contributed by atoms with Gasteiger partial charge in [-0.05, 0) is 62.1 Å². The molecule has 1 atom stereocenters. The number of hydrogen-bond acceptors (Lipinski definition) is 5. The number of allylic oxidation sites excluding steroid dienone is 1. The van der Waals surface area contributed by atoms with Crippen LogP contribution in [0.4, 0.5) is 4.79 Å². The Hall–Kier alpha value is -4.39. The van der Waals surface area contributed by atoms with E-state index >= 15 is 0 Å². The van der Waals surface area contributed by atoms with Crippen LogP contribution >= 0.6 is 0 Å². The number of aromatic nitrogens is 2. The van der Waals surface area contributed by atoms with E-state index in [9.17, 15) is 4.79 Å². The Morgan fingerprint density at radius 1 is 0.973 bits per heavy atom. The first-order chi connectivity index (χ1) is 17.8. The zero-order valence-corrected chi connectivity index (χ0v) is 21.7. The number of aryl methyl sites for hydroxylation is 3. The van der Waals surface area contributed by atoms with Crippen LogP contribution in [0.3, 0.4) is 0 Å². The third kappa shape index (κ3) is 4.85. The molecule has 0 aliphatic carbocycles. The van der Waals surface area contributed by atoms with Crippen LogP contribution in [-0.4, -0.2) is 28.2 Å². The highest BCUT2D eigenvalue weighted by molar-refractivity contribution is 5.87.